The van der Waals surface area contributed by atoms with Gasteiger partial charge in [0.05, 0.1) is 17.6 Å². The molecular formula is C22H16F2N2O2. The van der Waals surface area contributed by atoms with Crippen LogP contribution >= 0.6 is 0 Å². The third-order valence-corrected chi connectivity index (χ3v) is 4.60. The van der Waals surface area contributed by atoms with Crippen LogP contribution in [-0.4, -0.2) is 14.9 Å². The number of hydrogen-bond acceptors (Lipinski definition) is 3. The van der Waals surface area contributed by atoms with E-state index in [2.05, 4.69) is 5.10 Å². The van der Waals surface area contributed by atoms with Gasteiger partial charge in [-0.15, -0.1) is 0 Å². The molecule has 3 aromatic carbocycles. The molecule has 0 fully saturated rings. The molecule has 0 amide bonds. The Bertz CT molecular complexity index is 1200. The second-order valence-electron chi connectivity index (χ2n) is 6.43. The predicted octanol–water partition coefficient (Wildman–Crippen LogP) is 4.08. The van der Waals surface area contributed by atoms with Crippen LogP contribution < -0.4 is 5.56 Å². The van der Waals surface area contributed by atoms with Crippen LogP contribution in [-0.2, 0) is 6.54 Å². The zero-order valence-electron chi connectivity index (χ0n) is 14.7. The lowest BCUT2D eigenvalue weighted by Crippen LogP contribution is -2.27. The molecule has 1 unspecified atom stereocenters. The van der Waals surface area contributed by atoms with Crippen LogP contribution in [0.4, 0.5) is 8.78 Å². The number of nitrogens with zero attached hydrogens (tertiary/aromatic N) is 2. The van der Waals surface area contributed by atoms with Crippen molar-refractivity contribution in [3.63, 3.8) is 0 Å². The zero-order chi connectivity index (χ0) is 19.7. The summed E-state index contributed by atoms with van der Waals surface area (Å²) in [5.74, 6) is -0.932. The fourth-order valence-corrected chi connectivity index (χ4v) is 3.19. The van der Waals surface area contributed by atoms with Crippen molar-refractivity contribution in [3.05, 3.63) is 100 Å². The highest BCUT2D eigenvalue weighted by Crippen LogP contribution is 2.25. The molecule has 0 spiro atoms. The summed E-state index contributed by atoms with van der Waals surface area (Å²) >= 11 is 0. The quantitative estimate of drug-likeness (QED) is 0.582. The molecule has 140 valence electrons. The Hall–Kier alpha value is -3.38. The molecule has 28 heavy (non-hydrogen) atoms. The van der Waals surface area contributed by atoms with Gasteiger partial charge in [-0.25, -0.2) is 13.5 Å². The average molecular weight is 378 g/mol. The maximum Gasteiger partial charge on any atom is 0.274 e. The van der Waals surface area contributed by atoms with E-state index in [0.29, 0.717) is 22.0 Å². The van der Waals surface area contributed by atoms with Crippen LogP contribution in [0, 0.1) is 11.6 Å². The summed E-state index contributed by atoms with van der Waals surface area (Å²) in [5, 5.41) is 15.9. The van der Waals surface area contributed by atoms with Gasteiger partial charge in [0.1, 0.15) is 17.7 Å². The minimum absolute atomic E-state index is 0.0905. The van der Waals surface area contributed by atoms with Gasteiger partial charge < -0.3 is 5.11 Å². The van der Waals surface area contributed by atoms with E-state index in [1.807, 2.05) is 0 Å². The number of fused-ring (bicyclic) bond motifs is 1. The molecular weight excluding hydrogens is 362 g/mol. The number of hydrogen-bond donors (Lipinski definition) is 1. The van der Waals surface area contributed by atoms with Crippen molar-refractivity contribution in [2.45, 2.75) is 12.6 Å². The van der Waals surface area contributed by atoms with E-state index in [1.54, 1.807) is 42.5 Å². The molecule has 6 heteroatoms. The molecule has 0 radical (unpaired) electrons. The van der Waals surface area contributed by atoms with E-state index in [0.717, 1.165) is 4.68 Å². The van der Waals surface area contributed by atoms with Gasteiger partial charge in [-0.2, -0.15) is 5.10 Å². The Morgan fingerprint density at radius 2 is 1.54 bits per heavy atom. The smallest absolute Gasteiger partial charge is 0.274 e. The number of benzene rings is 3. The van der Waals surface area contributed by atoms with E-state index in [4.69, 9.17) is 0 Å². The van der Waals surface area contributed by atoms with Crippen molar-refractivity contribution in [2.24, 2.45) is 0 Å². The summed E-state index contributed by atoms with van der Waals surface area (Å²) < 4.78 is 28.4. The van der Waals surface area contributed by atoms with E-state index < -0.39 is 17.5 Å². The largest absolute Gasteiger partial charge is 0.386 e. The number of aromatic nitrogens is 2. The lowest BCUT2D eigenvalue weighted by atomic mass is 10.0. The average Bonchev–Trinajstić information content (AvgIpc) is 2.71. The van der Waals surface area contributed by atoms with Gasteiger partial charge in [0.2, 0.25) is 0 Å². The van der Waals surface area contributed by atoms with Gasteiger partial charge >= 0.3 is 0 Å². The number of aliphatic hydroxyl groups excluding tert-OH is 1. The fraction of sp³-hybridized carbons (Fsp3) is 0.0909. The molecule has 4 rings (SSSR count). The Kier molecular flexibility index (Phi) is 4.71. The summed E-state index contributed by atoms with van der Waals surface area (Å²) in [6, 6.07) is 18.6. The predicted molar refractivity (Wildman–Crippen MR) is 103 cm³/mol. The zero-order valence-corrected chi connectivity index (χ0v) is 14.7. The minimum Gasteiger partial charge on any atom is -0.386 e. The maximum absolute atomic E-state index is 14.0. The molecule has 0 bridgehead atoms. The van der Waals surface area contributed by atoms with Gasteiger partial charge in [-0.05, 0) is 36.4 Å². The Morgan fingerprint density at radius 1 is 0.893 bits per heavy atom. The molecule has 0 saturated carbocycles. The molecule has 4 nitrogen and oxygen atoms in total. The molecule has 4 aromatic rings. The number of rotatable bonds is 4. The third kappa shape index (κ3) is 3.30. The normalized spacial score (nSPS) is 12.2. The Balaban J connectivity index is 1.85. The molecule has 1 N–H and O–H groups in total. The van der Waals surface area contributed by atoms with Crippen molar-refractivity contribution in [2.75, 3.05) is 0 Å². The topological polar surface area (TPSA) is 55.1 Å². The number of halogens is 2. The molecule has 1 atom stereocenters. The van der Waals surface area contributed by atoms with Crippen LogP contribution in [0.1, 0.15) is 11.7 Å². The first-order valence-corrected chi connectivity index (χ1v) is 8.73. The van der Waals surface area contributed by atoms with Crippen LogP contribution in [0.15, 0.2) is 77.6 Å². The summed E-state index contributed by atoms with van der Waals surface area (Å²) in [6.45, 7) is -0.210. The van der Waals surface area contributed by atoms with Crippen LogP contribution in [0.3, 0.4) is 0 Å². The first-order chi connectivity index (χ1) is 13.5. The van der Waals surface area contributed by atoms with Crippen molar-refractivity contribution < 1.29 is 13.9 Å². The minimum atomic E-state index is -1.24. The monoisotopic (exact) mass is 378 g/mol. The summed E-state index contributed by atoms with van der Waals surface area (Å²) in [4.78, 5) is 12.9. The third-order valence-electron chi connectivity index (χ3n) is 4.60. The summed E-state index contributed by atoms with van der Waals surface area (Å²) in [7, 11) is 0. The lowest BCUT2D eigenvalue weighted by molar-refractivity contribution is 0.145. The molecule has 0 aliphatic heterocycles. The molecule has 0 aliphatic rings. The molecule has 0 saturated heterocycles. The first-order valence-electron chi connectivity index (χ1n) is 8.73. The van der Waals surface area contributed by atoms with E-state index in [-0.39, 0.29) is 17.9 Å². The van der Waals surface area contributed by atoms with Crippen LogP contribution in [0.2, 0.25) is 0 Å². The van der Waals surface area contributed by atoms with E-state index in [9.17, 15) is 18.7 Å². The van der Waals surface area contributed by atoms with Crippen LogP contribution in [0.5, 0.6) is 0 Å². The van der Waals surface area contributed by atoms with E-state index in [1.165, 1.54) is 30.3 Å². The molecule has 1 heterocycles. The maximum atomic E-state index is 14.0. The second-order valence-corrected chi connectivity index (χ2v) is 6.43. The van der Waals surface area contributed by atoms with Crippen molar-refractivity contribution in [1.29, 1.82) is 0 Å². The lowest BCUT2D eigenvalue weighted by Gasteiger charge is -2.15. The fourth-order valence-electron chi connectivity index (χ4n) is 3.19. The van der Waals surface area contributed by atoms with Gasteiger partial charge in [-0.3, -0.25) is 4.79 Å². The standard InChI is InChI=1S/C22H16F2N2O2/c23-15-11-9-14(10-12-15)21-16-5-1-2-6-17(16)22(28)26(25-21)13-20(27)18-7-3-4-8-19(18)24/h1-12,20,27H,13H2. The number of aliphatic hydroxyl groups is 1. The first kappa shape index (κ1) is 18.0. The van der Waals surface area contributed by atoms with Gasteiger partial charge in [0.25, 0.3) is 5.56 Å². The van der Waals surface area contributed by atoms with Gasteiger partial charge in [0.15, 0.2) is 0 Å². The highest BCUT2D eigenvalue weighted by molar-refractivity contribution is 5.93. The van der Waals surface area contributed by atoms with Crippen molar-refractivity contribution in [1.82, 2.24) is 9.78 Å². The molecule has 0 aliphatic carbocycles. The Labute approximate surface area is 159 Å². The van der Waals surface area contributed by atoms with Crippen molar-refractivity contribution >= 4 is 10.8 Å². The highest BCUT2D eigenvalue weighted by atomic mass is 19.1. The molecule has 1 aromatic heterocycles. The second kappa shape index (κ2) is 7.32. The highest BCUT2D eigenvalue weighted by Gasteiger charge is 2.17. The SMILES string of the molecule is O=c1c2ccccc2c(-c2ccc(F)cc2)nn1CC(O)c1ccccc1F. The van der Waals surface area contributed by atoms with Crippen LogP contribution in [0.25, 0.3) is 22.0 Å². The van der Waals surface area contributed by atoms with Gasteiger partial charge in [0, 0.05) is 16.5 Å². The summed E-state index contributed by atoms with van der Waals surface area (Å²) in [6.07, 6.45) is -1.24. The van der Waals surface area contributed by atoms with Crippen molar-refractivity contribution in [3.8, 4) is 11.3 Å². The van der Waals surface area contributed by atoms with E-state index >= 15 is 0 Å². The summed E-state index contributed by atoms with van der Waals surface area (Å²) in [5.41, 5.74) is 0.812. The Morgan fingerprint density at radius 3 is 2.25 bits per heavy atom. The van der Waals surface area contributed by atoms with Gasteiger partial charge in [-0.1, -0.05) is 36.4 Å².